The molecule has 17 heavy (non-hydrogen) atoms. The summed E-state index contributed by atoms with van der Waals surface area (Å²) in [7, 11) is 0. The Labute approximate surface area is 168 Å². The van der Waals surface area contributed by atoms with Crippen molar-refractivity contribution in [3.05, 3.63) is 53.6 Å². The van der Waals surface area contributed by atoms with Crippen LogP contribution in [-0.4, -0.2) is 0 Å². The average Bonchev–Trinajstić information content (AvgIpc) is 2.59. The second kappa shape index (κ2) is 7.95. The molecule has 0 fully saturated rings. The molecule has 0 unspecified atom stereocenters. The van der Waals surface area contributed by atoms with E-state index in [4.69, 9.17) is 0 Å². The van der Waals surface area contributed by atoms with Gasteiger partial charge >= 0.3 is 99.1 Å². The predicted octanol–water partition coefficient (Wildman–Crippen LogP) is -6.56. The van der Waals surface area contributed by atoms with Gasteiger partial charge in [-0.25, -0.2) is 0 Å². The van der Waals surface area contributed by atoms with E-state index in [1.165, 1.54) is 44.7 Å². The molecular formula is C13H9I3Zr. The van der Waals surface area contributed by atoms with E-state index >= 15 is 0 Å². The van der Waals surface area contributed by atoms with Crippen LogP contribution in [0.1, 0.15) is 11.1 Å². The van der Waals surface area contributed by atoms with Crippen molar-refractivity contribution < 1.29 is 96.6 Å². The van der Waals surface area contributed by atoms with Crippen LogP contribution in [0.3, 0.4) is 0 Å². The zero-order valence-corrected chi connectivity index (χ0v) is 17.8. The Morgan fingerprint density at radius 2 is 1.41 bits per heavy atom. The maximum absolute atomic E-state index is 2.24. The molecule has 3 rings (SSSR count). The predicted molar refractivity (Wildman–Crippen MR) is 54.3 cm³/mol. The van der Waals surface area contributed by atoms with E-state index in [9.17, 15) is 0 Å². The standard InChI is InChI=1S/C13H9.3HI.Zr/c1-3-7-12-10(5-1)9-11-6-2-4-8-13(11)12;;;;/h1-5,7-8H,9H2;3*1H;/q;;;;+3/p-3. The molecule has 0 N–H and O–H groups in total. The van der Waals surface area contributed by atoms with E-state index in [0.717, 1.165) is 6.42 Å². The fraction of sp³-hybridized carbons (Fsp3) is 0.0769. The molecule has 0 nitrogen and oxygen atoms in total. The molecule has 0 radical (unpaired) electrons. The number of hydrogen-bond donors (Lipinski definition) is 0. The summed E-state index contributed by atoms with van der Waals surface area (Å²) >= 11 is 1.52. The van der Waals surface area contributed by atoms with Crippen molar-refractivity contribution in [1.29, 1.82) is 0 Å². The Hall–Kier alpha value is 1.51. The molecule has 2 aromatic carbocycles. The second-order valence-electron chi connectivity index (χ2n) is 3.67. The van der Waals surface area contributed by atoms with E-state index in [2.05, 4.69) is 42.5 Å². The van der Waals surface area contributed by atoms with E-state index in [0.29, 0.717) is 0 Å². The maximum atomic E-state index is 2.24. The zero-order valence-electron chi connectivity index (χ0n) is 8.88. The Balaban J connectivity index is 0.000000853. The first-order valence-electron chi connectivity index (χ1n) is 4.78. The van der Waals surface area contributed by atoms with Crippen LogP contribution in [0.25, 0.3) is 11.1 Å². The molecule has 4 heteroatoms. The SMILES string of the molecule is [I-].[I-].[I-].[Zr+3][c]1cccc2c1Cc1ccccc1-2. The van der Waals surface area contributed by atoms with Crippen LogP contribution in [0.5, 0.6) is 0 Å². The fourth-order valence-electron chi connectivity index (χ4n) is 2.16. The van der Waals surface area contributed by atoms with Crippen molar-refractivity contribution in [1.82, 2.24) is 0 Å². The molecular weight excluding hydrogens is 628 g/mol. The molecule has 0 spiro atoms. The van der Waals surface area contributed by atoms with Gasteiger partial charge < -0.3 is 71.9 Å². The van der Waals surface area contributed by atoms with Crippen LogP contribution >= 0.6 is 0 Å². The van der Waals surface area contributed by atoms with E-state index in [1.807, 2.05) is 0 Å². The summed E-state index contributed by atoms with van der Waals surface area (Å²) in [6.07, 6.45) is 1.13. The molecule has 0 atom stereocenters. The molecule has 1 aliphatic carbocycles. The molecule has 0 amide bonds. The van der Waals surface area contributed by atoms with Crippen LogP contribution in [0.15, 0.2) is 42.5 Å². The second-order valence-corrected chi connectivity index (χ2v) is 4.99. The van der Waals surface area contributed by atoms with E-state index in [-0.39, 0.29) is 71.9 Å². The molecule has 0 heterocycles. The number of rotatable bonds is 0. The van der Waals surface area contributed by atoms with Crippen molar-refractivity contribution in [2.75, 3.05) is 0 Å². The summed E-state index contributed by atoms with van der Waals surface area (Å²) < 4.78 is 1.51. The molecule has 1 aliphatic rings. The first-order valence-corrected chi connectivity index (χ1v) is 6.01. The van der Waals surface area contributed by atoms with Crippen LogP contribution in [-0.2, 0) is 31.1 Å². The van der Waals surface area contributed by atoms with Crippen molar-refractivity contribution in [3.8, 4) is 11.1 Å². The number of fused-ring (bicyclic) bond motifs is 3. The summed E-state index contributed by atoms with van der Waals surface area (Å²) in [4.78, 5) is 0. The van der Waals surface area contributed by atoms with Crippen molar-refractivity contribution >= 4 is 3.27 Å². The number of benzene rings is 2. The Bertz CT molecular complexity index is 512. The topological polar surface area (TPSA) is 0 Å². The van der Waals surface area contributed by atoms with Crippen molar-refractivity contribution in [2.24, 2.45) is 0 Å². The van der Waals surface area contributed by atoms with Crippen LogP contribution < -0.4 is 75.2 Å². The van der Waals surface area contributed by atoms with E-state index in [1.54, 1.807) is 5.56 Å². The van der Waals surface area contributed by atoms with Crippen molar-refractivity contribution in [2.45, 2.75) is 6.42 Å². The third kappa shape index (κ3) is 3.54. The van der Waals surface area contributed by atoms with Crippen LogP contribution in [0.4, 0.5) is 0 Å². The van der Waals surface area contributed by atoms with Gasteiger partial charge in [0.05, 0.1) is 0 Å². The van der Waals surface area contributed by atoms with Gasteiger partial charge in [-0.05, 0) is 0 Å². The molecule has 0 saturated carbocycles. The van der Waals surface area contributed by atoms with Gasteiger partial charge in [-0.15, -0.1) is 0 Å². The van der Waals surface area contributed by atoms with Gasteiger partial charge in [-0.2, -0.15) is 0 Å². The Morgan fingerprint density at radius 1 is 0.765 bits per heavy atom. The Kier molecular flexibility index (Phi) is 8.65. The van der Waals surface area contributed by atoms with Crippen molar-refractivity contribution in [3.63, 3.8) is 0 Å². The van der Waals surface area contributed by atoms with Gasteiger partial charge in [0.15, 0.2) is 0 Å². The normalized spacial score (nSPS) is 10.2. The molecule has 0 bridgehead atoms. The third-order valence-electron chi connectivity index (χ3n) is 2.85. The number of hydrogen-bond acceptors (Lipinski definition) is 0. The van der Waals surface area contributed by atoms with E-state index < -0.39 is 0 Å². The summed E-state index contributed by atoms with van der Waals surface area (Å²) in [5.41, 5.74) is 5.92. The molecule has 0 aliphatic heterocycles. The minimum atomic E-state index is 0. The summed E-state index contributed by atoms with van der Waals surface area (Å²) in [5, 5.41) is 0. The number of halogens is 3. The fourth-order valence-corrected chi connectivity index (χ4v) is 2.94. The zero-order chi connectivity index (χ0) is 9.54. The first-order chi connectivity index (χ1) is 6.86. The molecule has 0 saturated heterocycles. The van der Waals surface area contributed by atoms with Gasteiger partial charge in [0, 0.05) is 0 Å². The van der Waals surface area contributed by atoms with Gasteiger partial charge in [0.1, 0.15) is 0 Å². The molecule has 86 valence electrons. The van der Waals surface area contributed by atoms with Crippen LogP contribution in [0, 0.1) is 0 Å². The molecule has 2 aromatic rings. The van der Waals surface area contributed by atoms with Gasteiger partial charge in [0.25, 0.3) is 0 Å². The quantitative estimate of drug-likeness (QED) is 0.216. The summed E-state index contributed by atoms with van der Waals surface area (Å²) in [6.45, 7) is 0. The minimum absolute atomic E-state index is 0. The van der Waals surface area contributed by atoms with Crippen LogP contribution in [0.2, 0.25) is 0 Å². The summed E-state index contributed by atoms with van der Waals surface area (Å²) in [6, 6.07) is 15.4. The third-order valence-corrected chi connectivity index (χ3v) is 4.00. The summed E-state index contributed by atoms with van der Waals surface area (Å²) in [5.74, 6) is 0. The average molecular weight is 637 g/mol. The monoisotopic (exact) mass is 636 g/mol. The van der Waals surface area contributed by atoms with Gasteiger partial charge in [0.2, 0.25) is 0 Å². The van der Waals surface area contributed by atoms with Gasteiger partial charge in [-0.1, -0.05) is 0 Å². The van der Waals surface area contributed by atoms with Gasteiger partial charge in [-0.3, -0.25) is 0 Å². The Morgan fingerprint density at radius 3 is 2.18 bits per heavy atom. The molecule has 0 aromatic heterocycles. The first kappa shape index (κ1) is 18.5.